The highest BCUT2D eigenvalue weighted by molar-refractivity contribution is 14.1. The van der Waals surface area contributed by atoms with E-state index in [2.05, 4.69) is 10.1 Å². The summed E-state index contributed by atoms with van der Waals surface area (Å²) in [6.45, 7) is -0.421. The summed E-state index contributed by atoms with van der Waals surface area (Å²) >= 11 is 2.03. The van der Waals surface area contributed by atoms with E-state index in [1.54, 1.807) is 24.3 Å². The van der Waals surface area contributed by atoms with Crippen LogP contribution in [-0.2, 0) is 20.9 Å². The van der Waals surface area contributed by atoms with Crippen LogP contribution in [0, 0.1) is 13.7 Å². The number of halogens is 1. The number of nitro benzene ring substituents is 1. The Hall–Kier alpha value is -3.68. The number of hydrogen-bond acceptors (Lipinski definition) is 8. The number of imide groups is 1. The fourth-order valence-electron chi connectivity index (χ4n) is 2.95. The number of carbonyl (C=O) groups is 3. The van der Waals surface area contributed by atoms with Crippen LogP contribution < -0.4 is 14.8 Å². The first-order valence-electron chi connectivity index (χ1n) is 9.38. The number of ether oxygens (including phenoxy) is 3. The number of hydrogen-bond donors (Lipinski definition) is 1. The Bertz CT molecular complexity index is 1160. The van der Waals surface area contributed by atoms with Gasteiger partial charge in [-0.25, -0.2) is 9.69 Å². The normalized spacial score (nSPS) is 14.3. The highest BCUT2D eigenvalue weighted by Gasteiger charge is 2.35. The summed E-state index contributed by atoms with van der Waals surface area (Å²) in [6.07, 6.45) is 1.45. The highest BCUT2D eigenvalue weighted by atomic mass is 127. The quantitative estimate of drug-likeness (QED) is 0.128. The zero-order chi connectivity index (χ0) is 24.1. The molecule has 0 spiro atoms. The number of urea groups is 1. The van der Waals surface area contributed by atoms with E-state index in [9.17, 15) is 24.5 Å². The number of nitrogens with one attached hydrogen (secondary N) is 1. The van der Waals surface area contributed by atoms with Crippen molar-refractivity contribution in [3.05, 3.63) is 66.9 Å². The summed E-state index contributed by atoms with van der Waals surface area (Å²) in [5, 5.41) is 13.4. The highest BCUT2D eigenvalue weighted by Crippen LogP contribution is 2.35. The molecule has 0 atom stereocenters. The zero-order valence-corrected chi connectivity index (χ0v) is 19.7. The number of esters is 1. The lowest BCUT2D eigenvalue weighted by Crippen LogP contribution is -2.36. The van der Waals surface area contributed by atoms with E-state index in [-0.39, 0.29) is 18.0 Å². The lowest BCUT2D eigenvalue weighted by atomic mass is 10.1. The zero-order valence-electron chi connectivity index (χ0n) is 17.5. The first kappa shape index (κ1) is 24.0. The van der Waals surface area contributed by atoms with Crippen molar-refractivity contribution in [1.82, 2.24) is 10.2 Å². The summed E-state index contributed by atoms with van der Waals surface area (Å²) < 4.78 is 16.4. The lowest BCUT2D eigenvalue weighted by molar-refractivity contribution is -0.384. The Kier molecular flexibility index (Phi) is 7.48. The first-order chi connectivity index (χ1) is 15.7. The van der Waals surface area contributed by atoms with Crippen molar-refractivity contribution in [3.8, 4) is 11.5 Å². The van der Waals surface area contributed by atoms with E-state index in [0.717, 1.165) is 12.0 Å². The molecule has 0 aliphatic carbocycles. The number of non-ortho nitro benzene ring substituents is 1. The Morgan fingerprint density at radius 2 is 2.00 bits per heavy atom. The molecule has 1 aliphatic heterocycles. The van der Waals surface area contributed by atoms with Crippen LogP contribution in [0.15, 0.2) is 42.1 Å². The molecule has 2 aromatic carbocycles. The summed E-state index contributed by atoms with van der Waals surface area (Å²) in [4.78, 5) is 47.1. The second kappa shape index (κ2) is 10.3. The van der Waals surface area contributed by atoms with Crippen molar-refractivity contribution in [1.29, 1.82) is 0 Å². The van der Waals surface area contributed by atoms with E-state index in [4.69, 9.17) is 9.47 Å². The summed E-state index contributed by atoms with van der Waals surface area (Å²) in [7, 11) is 2.61. The average Bonchev–Trinajstić information content (AvgIpc) is 3.05. The third kappa shape index (κ3) is 5.58. The molecule has 2 aromatic rings. The number of benzene rings is 2. The van der Waals surface area contributed by atoms with Crippen LogP contribution in [0.4, 0.5) is 10.5 Å². The summed E-state index contributed by atoms with van der Waals surface area (Å²) in [5.41, 5.74) is 1.11. The number of nitro groups is 1. The van der Waals surface area contributed by atoms with Gasteiger partial charge < -0.3 is 19.5 Å². The van der Waals surface area contributed by atoms with Gasteiger partial charge in [0, 0.05) is 12.1 Å². The fourth-order valence-corrected chi connectivity index (χ4v) is 3.74. The van der Waals surface area contributed by atoms with Crippen molar-refractivity contribution in [2.24, 2.45) is 0 Å². The Morgan fingerprint density at radius 3 is 2.67 bits per heavy atom. The minimum absolute atomic E-state index is 0.00739. The molecule has 1 N–H and O–H groups in total. The van der Waals surface area contributed by atoms with Crippen molar-refractivity contribution in [2.75, 3.05) is 20.8 Å². The standard InChI is InChI=1S/C21H18IN3O8/c1-31-17-9-13(8-16-20(27)24(21(28)23-16)10-18(26)32-2)7-15(22)19(17)33-11-12-4-3-5-14(6-12)25(29)30/h3-9H,10-11H2,1-2H3,(H,23,28)/b16-8+. The van der Waals surface area contributed by atoms with Gasteiger partial charge in [0.15, 0.2) is 11.5 Å². The largest absolute Gasteiger partial charge is 0.493 e. The molecular weight excluding hydrogens is 549 g/mol. The minimum Gasteiger partial charge on any atom is -0.493 e. The molecular formula is C21H18IN3O8. The van der Waals surface area contributed by atoms with Crippen molar-refractivity contribution >= 4 is 52.3 Å². The molecule has 12 heteroatoms. The predicted octanol–water partition coefficient (Wildman–Crippen LogP) is 2.85. The molecule has 172 valence electrons. The van der Waals surface area contributed by atoms with Crippen LogP contribution >= 0.6 is 22.6 Å². The maximum absolute atomic E-state index is 12.5. The Labute approximate surface area is 201 Å². The monoisotopic (exact) mass is 567 g/mol. The topological polar surface area (TPSA) is 137 Å². The second-order valence-corrected chi connectivity index (χ2v) is 7.87. The SMILES string of the molecule is COC(=O)CN1C(=O)N/C(=C/c2cc(I)c(OCc3cccc([N+](=O)[O-])c3)c(OC)c2)C1=O. The van der Waals surface area contributed by atoms with Gasteiger partial charge in [0.1, 0.15) is 18.8 Å². The minimum atomic E-state index is -0.727. The second-order valence-electron chi connectivity index (χ2n) is 6.71. The van der Waals surface area contributed by atoms with E-state index >= 15 is 0 Å². The first-order valence-corrected chi connectivity index (χ1v) is 10.5. The van der Waals surface area contributed by atoms with Gasteiger partial charge in [-0.05, 0) is 51.9 Å². The van der Waals surface area contributed by atoms with E-state index in [1.807, 2.05) is 22.6 Å². The smallest absolute Gasteiger partial charge is 0.329 e. The lowest BCUT2D eigenvalue weighted by Gasteiger charge is -2.14. The molecule has 0 radical (unpaired) electrons. The van der Waals surface area contributed by atoms with Crippen LogP contribution in [0.5, 0.6) is 11.5 Å². The molecule has 0 bridgehead atoms. The molecule has 1 aliphatic rings. The number of carbonyl (C=O) groups excluding carboxylic acids is 3. The number of rotatable bonds is 8. The van der Waals surface area contributed by atoms with Crippen molar-refractivity contribution in [3.63, 3.8) is 0 Å². The third-order valence-electron chi connectivity index (χ3n) is 4.54. The van der Waals surface area contributed by atoms with E-state index in [1.165, 1.54) is 25.3 Å². The molecule has 1 heterocycles. The Balaban J connectivity index is 1.81. The van der Waals surface area contributed by atoms with Crippen LogP contribution in [-0.4, -0.2) is 48.5 Å². The number of nitrogens with zero attached hydrogens (tertiary/aromatic N) is 2. The number of amides is 3. The maximum atomic E-state index is 12.5. The molecule has 1 fully saturated rings. The van der Waals surface area contributed by atoms with Gasteiger partial charge in [-0.2, -0.15) is 0 Å². The predicted molar refractivity (Wildman–Crippen MR) is 123 cm³/mol. The van der Waals surface area contributed by atoms with Crippen LogP contribution in [0.2, 0.25) is 0 Å². The summed E-state index contributed by atoms with van der Waals surface area (Å²) in [5.74, 6) is -0.602. The van der Waals surface area contributed by atoms with Gasteiger partial charge in [0.25, 0.3) is 11.6 Å². The molecule has 0 saturated carbocycles. The van der Waals surface area contributed by atoms with Gasteiger partial charge >= 0.3 is 12.0 Å². The van der Waals surface area contributed by atoms with Gasteiger partial charge in [-0.1, -0.05) is 12.1 Å². The average molecular weight is 567 g/mol. The molecule has 3 rings (SSSR count). The van der Waals surface area contributed by atoms with E-state index < -0.39 is 29.4 Å². The van der Waals surface area contributed by atoms with Gasteiger partial charge in [-0.3, -0.25) is 19.7 Å². The van der Waals surface area contributed by atoms with Crippen LogP contribution in [0.1, 0.15) is 11.1 Å². The maximum Gasteiger partial charge on any atom is 0.329 e. The van der Waals surface area contributed by atoms with E-state index in [0.29, 0.717) is 26.2 Å². The molecule has 0 aromatic heterocycles. The van der Waals surface area contributed by atoms with Crippen LogP contribution in [0.25, 0.3) is 6.08 Å². The van der Waals surface area contributed by atoms with Crippen molar-refractivity contribution < 1.29 is 33.5 Å². The Morgan fingerprint density at radius 1 is 1.24 bits per heavy atom. The molecule has 33 heavy (non-hydrogen) atoms. The summed E-state index contributed by atoms with van der Waals surface area (Å²) in [6, 6.07) is 8.69. The molecule has 1 saturated heterocycles. The molecule has 11 nitrogen and oxygen atoms in total. The van der Waals surface area contributed by atoms with Gasteiger partial charge in [-0.15, -0.1) is 0 Å². The molecule has 3 amide bonds. The van der Waals surface area contributed by atoms with Gasteiger partial charge in [0.05, 0.1) is 22.7 Å². The van der Waals surface area contributed by atoms with Gasteiger partial charge in [0.2, 0.25) is 0 Å². The number of methoxy groups -OCH3 is 2. The van der Waals surface area contributed by atoms with Crippen LogP contribution in [0.3, 0.4) is 0 Å². The third-order valence-corrected chi connectivity index (χ3v) is 5.35. The van der Waals surface area contributed by atoms with Crippen molar-refractivity contribution in [2.45, 2.75) is 6.61 Å². The fraction of sp³-hybridized carbons (Fsp3) is 0.190. The molecule has 0 unspecified atom stereocenters.